The third-order valence-corrected chi connectivity index (χ3v) is 2.84. The number of carbonyl (C=O) groups is 4. The Balaban J connectivity index is 0.000000590. The molecule has 0 radical (unpaired) electrons. The monoisotopic (exact) mass is 375 g/mol. The van der Waals surface area contributed by atoms with Gasteiger partial charge in [0.05, 0.1) is 19.4 Å². The second-order valence-corrected chi connectivity index (χ2v) is 5.01. The van der Waals surface area contributed by atoms with Crippen LogP contribution in [0.1, 0.15) is 12.1 Å². The number of nitrogens with one attached hydrogen (secondary N) is 2. The minimum absolute atomic E-state index is 0.0687. The fourth-order valence-corrected chi connectivity index (χ4v) is 1.45. The lowest BCUT2D eigenvalue weighted by molar-refractivity contribution is -0.144. The van der Waals surface area contributed by atoms with Crippen molar-refractivity contribution >= 4 is 23.8 Å². The molecule has 1 heterocycles. The van der Waals surface area contributed by atoms with Crippen molar-refractivity contribution < 1.29 is 39.6 Å². The van der Waals surface area contributed by atoms with Gasteiger partial charge in [-0.05, 0) is 0 Å². The number of rotatable bonds is 9. The first kappa shape index (κ1) is 23.0. The van der Waals surface area contributed by atoms with Gasteiger partial charge in [-0.25, -0.2) is 9.78 Å². The van der Waals surface area contributed by atoms with E-state index >= 15 is 0 Å². The zero-order valence-electron chi connectivity index (χ0n) is 13.5. The maximum atomic E-state index is 11.3. The lowest BCUT2D eigenvalue weighted by atomic mass is 10.1. The molecule has 3 atom stereocenters. The average molecular weight is 375 g/mol. The van der Waals surface area contributed by atoms with Crippen LogP contribution in [0.4, 0.5) is 0 Å². The molecule has 26 heavy (non-hydrogen) atoms. The lowest BCUT2D eigenvalue weighted by Crippen LogP contribution is -2.50. The number of carboxylic acid groups (broad SMARTS) is 3. The van der Waals surface area contributed by atoms with Gasteiger partial charge in [0.15, 0.2) is 0 Å². The number of carboxylic acids is 3. The van der Waals surface area contributed by atoms with E-state index in [-0.39, 0.29) is 6.42 Å². The third-order valence-electron chi connectivity index (χ3n) is 2.84. The van der Waals surface area contributed by atoms with Crippen LogP contribution in [-0.2, 0) is 25.6 Å². The van der Waals surface area contributed by atoms with Crippen molar-refractivity contribution in [1.82, 2.24) is 15.3 Å². The van der Waals surface area contributed by atoms with Crippen LogP contribution in [-0.4, -0.2) is 78.9 Å². The topological polar surface area (TPSA) is 242 Å². The van der Waals surface area contributed by atoms with E-state index in [9.17, 15) is 19.2 Å². The Morgan fingerprint density at radius 3 is 2.08 bits per heavy atom. The minimum Gasteiger partial charge on any atom is -0.481 e. The maximum Gasteiger partial charge on any atom is 0.326 e. The number of carbonyl (C=O) groups excluding carboxylic acids is 1. The highest BCUT2D eigenvalue weighted by Crippen LogP contribution is 1.99. The molecule has 1 rings (SSSR count). The van der Waals surface area contributed by atoms with Crippen LogP contribution in [0.15, 0.2) is 12.5 Å². The number of aliphatic hydroxyl groups excluding tert-OH is 1. The first-order valence-corrected chi connectivity index (χ1v) is 7.15. The van der Waals surface area contributed by atoms with Gasteiger partial charge in [0.1, 0.15) is 18.1 Å². The zero-order chi connectivity index (χ0) is 20.3. The van der Waals surface area contributed by atoms with E-state index in [1.165, 1.54) is 12.5 Å². The Morgan fingerprint density at radius 2 is 1.73 bits per heavy atom. The van der Waals surface area contributed by atoms with Gasteiger partial charge in [-0.15, -0.1) is 0 Å². The third kappa shape index (κ3) is 9.31. The Kier molecular flexibility index (Phi) is 10.2. The molecular weight excluding hydrogens is 354 g/mol. The molecule has 0 unspecified atom stereocenters. The normalized spacial score (nSPS) is 13.5. The van der Waals surface area contributed by atoms with Gasteiger partial charge in [-0.3, -0.25) is 14.4 Å². The maximum absolute atomic E-state index is 11.3. The van der Waals surface area contributed by atoms with Crippen LogP contribution < -0.4 is 16.8 Å². The summed E-state index contributed by atoms with van der Waals surface area (Å²) in [5, 5.41) is 35.9. The molecule has 1 aromatic heterocycles. The van der Waals surface area contributed by atoms with E-state index < -0.39 is 55.0 Å². The molecule has 0 spiro atoms. The number of aromatic nitrogens is 2. The van der Waals surface area contributed by atoms with Crippen molar-refractivity contribution in [2.75, 3.05) is 6.61 Å². The van der Waals surface area contributed by atoms with Crippen molar-refractivity contribution in [3.63, 3.8) is 0 Å². The summed E-state index contributed by atoms with van der Waals surface area (Å²) < 4.78 is 0. The predicted octanol–water partition coefficient (Wildman–Crippen LogP) is -3.29. The fourth-order valence-electron chi connectivity index (χ4n) is 1.45. The number of amides is 1. The van der Waals surface area contributed by atoms with E-state index in [1.54, 1.807) is 0 Å². The highest BCUT2D eigenvalue weighted by atomic mass is 16.4. The van der Waals surface area contributed by atoms with Gasteiger partial charge in [0.2, 0.25) is 5.91 Å². The molecule has 0 bridgehead atoms. The number of hydrogen-bond acceptors (Lipinski definition) is 8. The van der Waals surface area contributed by atoms with E-state index in [4.69, 9.17) is 31.9 Å². The second kappa shape index (κ2) is 11.5. The van der Waals surface area contributed by atoms with Gasteiger partial charge in [0.25, 0.3) is 0 Å². The summed E-state index contributed by atoms with van der Waals surface area (Å²) in [6.07, 6.45) is 2.41. The SMILES string of the molecule is N[C@@H](CC(=O)O)C(=O)O.N[C@@H](CO)C(=O)N[C@@H](Cc1cnc[nH]1)C(=O)O. The average Bonchev–Trinajstić information content (AvgIpc) is 3.06. The molecule has 1 aromatic rings. The molecule has 13 heteroatoms. The first-order valence-electron chi connectivity index (χ1n) is 7.15. The molecule has 0 aliphatic rings. The Labute approximate surface area is 147 Å². The molecule has 0 aliphatic heterocycles. The highest BCUT2D eigenvalue weighted by molar-refractivity contribution is 5.87. The number of aliphatic carboxylic acids is 3. The number of H-pyrrole nitrogens is 1. The molecule has 0 saturated carbocycles. The van der Waals surface area contributed by atoms with Crippen LogP contribution in [0.3, 0.4) is 0 Å². The summed E-state index contributed by atoms with van der Waals surface area (Å²) in [6, 6.07) is -3.53. The molecule has 13 nitrogen and oxygen atoms in total. The summed E-state index contributed by atoms with van der Waals surface area (Å²) in [7, 11) is 0. The van der Waals surface area contributed by atoms with Crippen LogP contribution in [0.2, 0.25) is 0 Å². The largest absolute Gasteiger partial charge is 0.481 e. The molecule has 0 aliphatic carbocycles. The predicted molar refractivity (Wildman–Crippen MR) is 84.8 cm³/mol. The number of nitrogens with two attached hydrogens (primary N) is 2. The number of hydrogen-bond donors (Lipinski definition) is 8. The molecule has 0 saturated heterocycles. The van der Waals surface area contributed by atoms with E-state index in [0.717, 1.165) is 0 Å². The van der Waals surface area contributed by atoms with Gasteiger partial charge in [-0.1, -0.05) is 0 Å². The van der Waals surface area contributed by atoms with Crippen molar-refractivity contribution in [2.45, 2.75) is 31.0 Å². The van der Waals surface area contributed by atoms with Crippen LogP contribution in [0.5, 0.6) is 0 Å². The van der Waals surface area contributed by atoms with Gasteiger partial charge >= 0.3 is 17.9 Å². The molecule has 1 amide bonds. The molecule has 146 valence electrons. The zero-order valence-corrected chi connectivity index (χ0v) is 13.5. The number of aromatic amines is 1. The second-order valence-electron chi connectivity index (χ2n) is 5.01. The number of nitrogens with zero attached hydrogens (tertiary/aromatic N) is 1. The Morgan fingerprint density at radius 1 is 1.12 bits per heavy atom. The quantitative estimate of drug-likeness (QED) is 0.212. The Bertz CT molecular complexity index is 606. The van der Waals surface area contributed by atoms with Gasteiger partial charge in [-0.2, -0.15) is 0 Å². The summed E-state index contributed by atoms with van der Waals surface area (Å²) in [5.41, 5.74) is 10.7. The lowest BCUT2D eigenvalue weighted by Gasteiger charge is -2.15. The van der Waals surface area contributed by atoms with Crippen molar-refractivity contribution in [3.05, 3.63) is 18.2 Å². The van der Waals surface area contributed by atoms with Gasteiger partial charge < -0.3 is 42.2 Å². The molecule has 0 aromatic carbocycles. The fraction of sp³-hybridized carbons (Fsp3) is 0.462. The highest BCUT2D eigenvalue weighted by Gasteiger charge is 2.23. The van der Waals surface area contributed by atoms with E-state index in [2.05, 4.69) is 15.3 Å². The van der Waals surface area contributed by atoms with E-state index in [1.807, 2.05) is 0 Å². The summed E-state index contributed by atoms with van der Waals surface area (Å²) in [5.74, 6) is -4.39. The van der Waals surface area contributed by atoms with Crippen molar-refractivity contribution in [1.29, 1.82) is 0 Å². The van der Waals surface area contributed by atoms with Crippen LogP contribution >= 0.6 is 0 Å². The number of imidazole rings is 1. The first-order chi connectivity index (χ1) is 12.1. The summed E-state index contributed by atoms with van der Waals surface area (Å²) >= 11 is 0. The summed E-state index contributed by atoms with van der Waals surface area (Å²) in [4.78, 5) is 48.3. The van der Waals surface area contributed by atoms with Crippen molar-refractivity contribution in [2.24, 2.45) is 11.5 Å². The molecule has 0 fully saturated rings. The van der Waals surface area contributed by atoms with E-state index in [0.29, 0.717) is 5.69 Å². The minimum atomic E-state index is -1.29. The number of aliphatic hydroxyl groups is 1. The van der Waals surface area contributed by atoms with Crippen LogP contribution in [0.25, 0.3) is 0 Å². The summed E-state index contributed by atoms with van der Waals surface area (Å²) in [6.45, 7) is -0.539. The Hall–Kier alpha value is -3.03. The standard InChI is InChI=1S/C9H14N4O4.C4H7NO4/c10-6(3-14)8(15)13-7(9(16)17)1-5-2-11-4-12-5;5-2(4(8)9)1-3(6)7/h2,4,6-7,14H,1,3,10H2,(H,11,12)(H,13,15)(H,16,17);2H,1,5H2,(H,6,7)(H,8,9)/t6-,7-;2-/m00/s1. The smallest absolute Gasteiger partial charge is 0.326 e. The molecular formula is C13H21N5O8. The van der Waals surface area contributed by atoms with Crippen LogP contribution in [0, 0.1) is 0 Å². The van der Waals surface area contributed by atoms with Gasteiger partial charge in [0, 0.05) is 18.3 Å². The molecule has 10 N–H and O–H groups in total. The van der Waals surface area contributed by atoms with Crippen molar-refractivity contribution in [3.8, 4) is 0 Å².